The molecule has 19 heavy (non-hydrogen) atoms. The molecule has 1 amide bonds. The van der Waals surface area contributed by atoms with Crippen molar-refractivity contribution in [1.29, 1.82) is 0 Å². The van der Waals surface area contributed by atoms with Crippen LogP contribution in [0.1, 0.15) is 31.9 Å². The Bertz CT molecular complexity index is 529. The van der Waals surface area contributed by atoms with Gasteiger partial charge in [-0.05, 0) is 28.8 Å². The summed E-state index contributed by atoms with van der Waals surface area (Å²) in [6.45, 7) is 6.52. The van der Waals surface area contributed by atoms with Crippen LogP contribution in [0.2, 0.25) is 0 Å². The van der Waals surface area contributed by atoms with Gasteiger partial charge in [0.1, 0.15) is 0 Å². The molecular formula is C14H17N3OS. The molecule has 0 saturated carbocycles. The van der Waals surface area contributed by atoms with Gasteiger partial charge in [-0.15, -0.1) is 5.11 Å². The molecule has 0 aromatic heterocycles. The smallest absolute Gasteiger partial charge is 0.253 e. The van der Waals surface area contributed by atoms with Crippen LogP contribution < -0.4 is 5.32 Å². The van der Waals surface area contributed by atoms with E-state index in [1.165, 1.54) is 5.56 Å². The summed E-state index contributed by atoms with van der Waals surface area (Å²) in [5.74, 6) is -0.181. The summed E-state index contributed by atoms with van der Waals surface area (Å²) in [6, 6.07) is 7.79. The van der Waals surface area contributed by atoms with Gasteiger partial charge in [0.25, 0.3) is 5.91 Å². The van der Waals surface area contributed by atoms with Gasteiger partial charge in [0.2, 0.25) is 5.11 Å². The summed E-state index contributed by atoms with van der Waals surface area (Å²) in [7, 11) is 0. The number of amides is 1. The predicted molar refractivity (Wildman–Crippen MR) is 78.2 cm³/mol. The number of carbonyl (C=O) groups excluding carboxylic acids is 1. The largest absolute Gasteiger partial charge is 0.298 e. The maximum absolute atomic E-state index is 11.7. The van der Waals surface area contributed by atoms with Gasteiger partial charge < -0.3 is 0 Å². The van der Waals surface area contributed by atoms with Gasteiger partial charge in [0.15, 0.2) is 6.04 Å². The highest BCUT2D eigenvalue weighted by Gasteiger charge is 2.23. The molecule has 1 aliphatic rings. The third kappa shape index (κ3) is 3.44. The van der Waals surface area contributed by atoms with Crippen molar-refractivity contribution in [2.24, 2.45) is 10.2 Å². The number of hydrogen-bond donors (Lipinski definition) is 1. The second kappa shape index (κ2) is 5.17. The normalized spacial score (nSPS) is 19.4. The molecule has 1 aliphatic heterocycles. The summed E-state index contributed by atoms with van der Waals surface area (Å²) in [4.78, 5) is 11.7. The third-order valence-electron chi connectivity index (χ3n) is 3.07. The van der Waals surface area contributed by atoms with E-state index in [9.17, 15) is 4.79 Å². The van der Waals surface area contributed by atoms with Crippen molar-refractivity contribution in [3.05, 3.63) is 35.4 Å². The van der Waals surface area contributed by atoms with E-state index < -0.39 is 6.04 Å². The second-order valence-corrected chi connectivity index (χ2v) is 6.06. The number of hydrogen-bond acceptors (Lipinski definition) is 3. The lowest BCUT2D eigenvalue weighted by Crippen LogP contribution is -2.40. The molecule has 0 aliphatic carbocycles. The Morgan fingerprint density at radius 3 is 2.42 bits per heavy atom. The lowest BCUT2D eigenvalue weighted by Gasteiger charge is -2.20. The van der Waals surface area contributed by atoms with Crippen molar-refractivity contribution >= 4 is 23.2 Å². The monoisotopic (exact) mass is 275 g/mol. The van der Waals surface area contributed by atoms with Gasteiger partial charge >= 0.3 is 0 Å². The van der Waals surface area contributed by atoms with E-state index in [0.717, 1.165) is 5.56 Å². The Morgan fingerprint density at radius 2 is 1.89 bits per heavy atom. The summed E-state index contributed by atoms with van der Waals surface area (Å²) in [5.41, 5.74) is 2.47. The highest BCUT2D eigenvalue weighted by Crippen LogP contribution is 2.22. The lowest BCUT2D eigenvalue weighted by atomic mass is 9.86. The maximum Gasteiger partial charge on any atom is 0.253 e. The fraction of sp³-hybridized carbons (Fsp3) is 0.429. The Labute approximate surface area is 118 Å². The van der Waals surface area contributed by atoms with Gasteiger partial charge in [0.05, 0.1) is 0 Å². The molecule has 1 atom stereocenters. The lowest BCUT2D eigenvalue weighted by molar-refractivity contribution is -0.121. The molecule has 0 saturated heterocycles. The first kappa shape index (κ1) is 13.8. The Morgan fingerprint density at radius 1 is 1.26 bits per heavy atom. The topological polar surface area (TPSA) is 53.8 Å². The molecule has 0 radical (unpaired) electrons. The highest BCUT2D eigenvalue weighted by atomic mass is 32.1. The first-order valence-corrected chi connectivity index (χ1v) is 6.62. The number of thiocarbonyl (C=S) groups is 1. The van der Waals surface area contributed by atoms with Crippen molar-refractivity contribution in [3.63, 3.8) is 0 Å². The van der Waals surface area contributed by atoms with Gasteiger partial charge in [-0.2, -0.15) is 5.11 Å². The average Bonchev–Trinajstić information content (AvgIpc) is 2.32. The van der Waals surface area contributed by atoms with Gasteiger partial charge in [-0.3, -0.25) is 10.1 Å². The highest BCUT2D eigenvalue weighted by molar-refractivity contribution is 7.80. The van der Waals surface area contributed by atoms with Crippen molar-refractivity contribution in [1.82, 2.24) is 5.32 Å². The summed E-state index contributed by atoms with van der Waals surface area (Å²) in [6.07, 6.45) is 0.544. The van der Waals surface area contributed by atoms with Crippen LogP contribution in [0.15, 0.2) is 34.5 Å². The van der Waals surface area contributed by atoms with Crippen LogP contribution in [0.25, 0.3) is 0 Å². The molecule has 0 spiro atoms. The number of benzene rings is 1. The Balaban J connectivity index is 2.10. The van der Waals surface area contributed by atoms with Crippen molar-refractivity contribution in [2.75, 3.05) is 0 Å². The van der Waals surface area contributed by atoms with Crippen LogP contribution in [-0.4, -0.2) is 17.1 Å². The molecule has 1 heterocycles. The van der Waals surface area contributed by atoms with E-state index in [2.05, 4.69) is 48.4 Å². The molecule has 2 rings (SSSR count). The van der Waals surface area contributed by atoms with Crippen molar-refractivity contribution in [2.45, 2.75) is 38.6 Å². The molecule has 0 fully saturated rings. The molecular weight excluding hydrogens is 258 g/mol. The van der Waals surface area contributed by atoms with E-state index in [0.29, 0.717) is 6.42 Å². The van der Waals surface area contributed by atoms with E-state index in [1.807, 2.05) is 12.1 Å². The molecule has 5 heteroatoms. The second-order valence-electron chi connectivity index (χ2n) is 5.68. The predicted octanol–water partition coefficient (Wildman–Crippen LogP) is 2.76. The molecule has 0 bridgehead atoms. The fourth-order valence-corrected chi connectivity index (χ4v) is 2.03. The Kier molecular flexibility index (Phi) is 3.75. The first-order valence-electron chi connectivity index (χ1n) is 6.21. The molecule has 1 aromatic carbocycles. The van der Waals surface area contributed by atoms with Crippen molar-refractivity contribution in [3.8, 4) is 0 Å². The standard InChI is InChI=1S/C14H17N3OS/c1-14(2,3)10-6-4-9(5-7-10)8-11-12(18)15-13(19)17-16-11/h4-7,11H,8H2,1-3H3,(H,15,18,19). The van der Waals surface area contributed by atoms with Crippen LogP contribution in [0.4, 0.5) is 0 Å². The van der Waals surface area contributed by atoms with Crippen molar-refractivity contribution < 1.29 is 4.79 Å². The maximum atomic E-state index is 11.7. The summed E-state index contributed by atoms with van der Waals surface area (Å²) >= 11 is 4.77. The van der Waals surface area contributed by atoms with E-state index in [4.69, 9.17) is 12.2 Å². The molecule has 1 unspecified atom stereocenters. The average molecular weight is 275 g/mol. The minimum Gasteiger partial charge on any atom is -0.298 e. The molecule has 4 nitrogen and oxygen atoms in total. The number of carbonyl (C=O) groups is 1. The number of rotatable bonds is 2. The Hall–Kier alpha value is -1.62. The fourth-order valence-electron chi connectivity index (χ4n) is 1.89. The third-order valence-corrected chi connectivity index (χ3v) is 3.25. The molecule has 1 aromatic rings. The zero-order valence-electron chi connectivity index (χ0n) is 11.3. The summed E-state index contributed by atoms with van der Waals surface area (Å²) in [5, 5.41) is 10.3. The minimum atomic E-state index is -0.479. The molecule has 100 valence electrons. The van der Waals surface area contributed by atoms with Crippen LogP contribution in [0, 0.1) is 0 Å². The number of nitrogens with zero attached hydrogens (tertiary/aromatic N) is 2. The van der Waals surface area contributed by atoms with Crippen LogP contribution in [0.3, 0.4) is 0 Å². The minimum absolute atomic E-state index is 0.132. The zero-order valence-corrected chi connectivity index (χ0v) is 12.1. The first-order chi connectivity index (χ1) is 8.86. The van der Waals surface area contributed by atoms with E-state index >= 15 is 0 Å². The van der Waals surface area contributed by atoms with Crippen LogP contribution in [-0.2, 0) is 16.6 Å². The van der Waals surface area contributed by atoms with E-state index in [1.54, 1.807) is 0 Å². The van der Waals surface area contributed by atoms with Gasteiger partial charge in [-0.25, -0.2) is 0 Å². The van der Waals surface area contributed by atoms with Gasteiger partial charge in [0, 0.05) is 6.42 Å². The number of nitrogens with one attached hydrogen (secondary N) is 1. The SMILES string of the molecule is CC(C)(C)c1ccc(CC2N=NC(=S)NC2=O)cc1. The quantitative estimate of drug-likeness (QED) is 0.844. The number of azo groups is 1. The van der Waals surface area contributed by atoms with Gasteiger partial charge in [-0.1, -0.05) is 45.0 Å². The summed E-state index contributed by atoms with van der Waals surface area (Å²) < 4.78 is 0. The van der Waals surface area contributed by atoms with E-state index in [-0.39, 0.29) is 16.4 Å². The van der Waals surface area contributed by atoms with Crippen LogP contribution >= 0.6 is 12.2 Å². The zero-order chi connectivity index (χ0) is 14.0. The van der Waals surface area contributed by atoms with Crippen LogP contribution in [0.5, 0.6) is 0 Å². The molecule has 1 N–H and O–H groups in total.